The molecule has 0 aliphatic carbocycles. The molecular formula is C11H10BrN3OS. The van der Waals surface area contributed by atoms with E-state index in [-0.39, 0.29) is 5.91 Å². The van der Waals surface area contributed by atoms with E-state index in [1.54, 1.807) is 0 Å². The topological polar surface area (TPSA) is 54.9 Å². The maximum absolute atomic E-state index is 12.0. The highest BCUT2D eigenvalue weighted by Gasteiger charge is 2.14. The van der Waals surface area contributed by atoms with Crippen molar-refractivity contribution in [3.05, 3.63) is 39.3 Å². The second-order valence-corrected chi connectivity index (χ2v) is 5.04. The molecule has 0 bridgehead atoms. The minimum Gasteiger partial charge on any atom is -0.321 e. The molecule has 1 amide bonds. The van der Waals surface area contributed by atoms with Crippen LogP contribution < -0.4 is 5.32 Å². The number of anilines is 1. The van der Waals surface area contributed by atoms with E-state index in [4.69, 9.17) is 0 Å². The van der Waals surface area contributed by atoms with E-state index in [0.29, 0.717) is 11.3 Å². The van der Waals surface area contributed by atoms with E-state index in [0.717, 1.165) is 27.4 Å². The van der Waals surface area contributed by atoms with Crippen molar-refractivity contribution >= 4 is 39.1 Å². The number of rotatable bonds is 3. The first-order valence-corrected chi connectivity index (χ1v) is 6.65. The molecule has 4 nitrogen and oxygen atoms in total. The number of hydrogen-bond acceptors (Lipinski definition) is 4. The maximum Gasteiger partial charge on any atom is 0.269 e. The van der Waals surface area contributed by atoms with Gasteiger partial charge in [-0.25, -0.2) is 0 Å². The highest BCUT2D eigenvalue weighted by atomic mass is 79.9. The van der Waals surface area contributed by atoms with E-state index in [9.17, 15) is 4.79 Å². The fourth-order valence-electron chi connectivity index (χ4n) is 1.37. The zero-order valence-corrected chi connectivity index (χ0v) is 11.5. The van der Waals surface area contributed by atoms with Crippen LogP contribution >= 0.6 is 27.5 Å². The van der Waals surface area contributed by atoms with Crippen molar-refractivity contribution in [1.82, 2.24) is 9.59 Å². The zero-order valence-electron chi connectivity index (χ0n) is 9.11. The average molecular weight is 312 g/mol. The summed E-state index contributed by atoms with van der Waals surface area (Å²) in [7, 11) is 0. The van der Waals surface area contributed by atoms with Gasteiger partial charge in [-0.3, -0.25) is 4.79 Å². The van der Waals surface area contributed by atoms with Gasteiger partial charge < -0.3 is 5.32 Å². The predicted molar refractivity (Wildman–Crippen MR) is 71.4 cm³/mol. The molecule has 1 N–H and O–H groups in total. The van der Waals surface area contributed by atoms with E-state index in [1.807, 2.05) is 31.2 Å². The Kier molecular flexibility index (Phi) is 3.86. The number of amides is 1. The van der Waals surface area contributed by atoms with Crippen LogP contribution in [0.5, 0.6) is 0 Å². The van der Waals surface area contributed by atoms with Crippen LogP contribution in [0.2, 0.25) is 0 Å². The quantitative estimate of drug-likeness (QED) is 0.947. The minimum atomic E-state index is -0.157. The number of nitrogens with zero attached hydrogens (tertiary/aromatic N) is 2. The van der Waals surface area contributed by atoms with Crippen molar-refractivity contribution in [2.24, 2.45) is 0 Å². The van der Waals surface area contributed by atoms with Crippen LogP contribution in [0.15, 0.2) is 28.7 Å². The summed E-state index contributed by atoms with van der Waals surface area (Å²) in [6.07, 6.45) is 0.706. The van der Waals surface area contributed by atoms with Crippen molar-refractivity contribution in [1.29, 1.82) is 0 Å². The molecule has 0 spiro atoms. The molecule has 17 heavy (non-hydrogen) atoms. The first-order chi connectivity index (χ1) is 8.20. The fraction of sp³-hybridized carbons (Fsp3) is 0.182. The Balaban J connectivity index is 2.17. The molecule has 1 aromatic carbocycles. The Morgan fingerprint density at radius 1 is 1.53 bits per heavy atom. The predicted octanol–water partition coefficient (Wildman–Crippen LogP) is 3.12. The van der Waals surface area contributed by atoms with Crippen LogP contribution in [0, 0.1) is 0 Å². The molecule has 1 aromatic heterocycles. The molecule has 0 unspecified atom stereocenters. The van der Waals surface area contributed by atoms with Gasteiger partial charge >= 0.3 is 0 Å². The van der Waals surface area contributed by atoms with Gasteiger partial charge in [0.2, 0.25) is 0 Å². The lowest BCUT2D eigenvalue weighted by Crippen LogP contribution is -2.12. The van der Waals surface area contributed by atoms with Crippen molar-refractivity contribution in [3.8, 4) is 0 Å². The van der Waals surface area contributed by atoms with Gasteiger partial charge in [0.15, 0.2) is 0 Å². The summed E-state index contributed by atoms with van der Waals surface area (Å²) in [5, 5.41) is 6.73. The van der Waals surface area contributed by atoms with Gasteiger partial charge in [0.25, 0.3) is 5.91 Å². The number of nitrogens with one attached hydrogen (secondary N) is 1. The van der Waals surface area contributed by atoms with Crippen LogP contribution in [0.4, 0.5) is 5.69 Å². The van der Waals surface area contributed by atoms with Crippen LogP contribution in [0.25, 0.3) is 0 Å². The molecule has 2 rings (SSSR count). The Bertz CT molecular complexity index is 541. The molecule has 0 radical (unpaired) electrons. The smallest absolute Gasteiger partial charge is 0.269 e. The van der Waals surface area contributed by atoms with Gasteiger partial charge in [0.05, 0.1) is 5.69 Å². The van der Waals surface area contributed by atoms with Gasteiger partial charge in [0, 0.05) is 10.2 Å². The first kappa shape index (κ1) is 12.2. The monoisotopic (exact) mass is 311 g/mol. The summed E-state index contributed by atoms with van der Waals surface area (Å²) in [5.41, 5.74) is 1.49. The highest BCUT2D eigenvalue weighted by molar-refractivity contribution is 9.10. The summed E-state index contributed by atoms with van der Waals surface area (Å²) in [6.45, 7) is 1.95. The molecule has 0 saturated carbocycles. The molecule has 88 valence electrons. The molecule has 0 aliphatic rings. The third-order valence-electron chi connectivity index (χ3n) is 2.18. The highest BCUT2D eigenvalue weighted by Crippen LogP contribution is 2.18. The summed E-state index contributed by atoms with van der Waals surface area (Å²) < 4.78 is 4.72. The number of carbonyl (C=O) groups excluding carboxylic acids is 1. The van der Waals surface area contributed by atoms with Crippen LogP contribution in [-0.4, -0.2) is 15.5 Å². The van der Waals surface area contributed by atoms with E-state index < -0.39 is 0 Å². The van der Waals surface area contributed by atoms with Gasteiger partial charge in [0.1, 0.15) is 4.88 Å². The Morgan fingerprint density at radius 3 is 3.06 bits per heavy atom. The lowest BCUT2D eigenvalue weighted by Gasteiger charge is -2.04. The lowest BCUT2D eigenvalue weighted by atomic mass is 10.2. The molecule has 1 heterocycles. The number of aromatic nitrogens is 2. The first-order valence-electron chi connectivity index (χ1n) is 5.09. The van der Waals surface area contributed by atoms with Crippen LogP contribution in [-0.2, 0) is 6.42 Å². The SMILES string of the molecule is CCc1nnsc1C(=O)Nc1cccc(Br)c1. The minimum absolute atomic E-state index is 0.157. The zero-order chi connectivity index (χ0) is 12.3. The van der Waals surface area contributed by atoms with Crippen molar-refractivity contribution in [2.75, 3.05) is 5.32 Å². The average Bonchev–Trinajstić information content (AvgIpc) is 2.77. The Hall–Kier alpha value is -1.27. The maximum atomic E-state index is 12.0. The van der Waals surface area contributed by atoms with E-state index >= 15 is 0 Å². The molecular weight excluding hydrogens is 302 g/mol. The molecule has 0 fully saturated rings. The summed E-state index contributed by atoms with van der Waals surface area (Å²) in [4.78, 5) is 12.5. The summed E-state index contributed by atoms with van der Waals surface area (Å²) >= 11 is 4.48. The number of hydrogen-bond donors (Lipinski definition) is 1. The second kappa shape index (κ2) is 5.37. The van der Waals surface area contributed by atoms with Crippen molar-refractivity contribution in [3.63, 3.8) is 0 Å². The Morgan fingerprint density at radius 2 is 2.35 bits per heavy atom. The number of halogens is 1. The van der Waals surface area contributed by atoms with Crippen molar-refractivity contribution in [2.45, 2.75) is 13.3 Å². The van der Waals surface area contributed by atoms with Gasteiger partial charge in [-0.15, -0.1) is 5.10 Å². The Labute approximate surface area is 111 Å². The summed E-state index contributed by atoms with van der Waals surface area (Å²) in [5.74, 6) is -0.157. The number of aryl methyl sites for hydroxylation is 1. The molecule has 0 aliphatic heterocycles. The standard InChI is InChI=1S/C11H10BrN3OS/c1-2-9-10(17-15-14-9)11(16)13-8-5-3-4-7(12)6-8/h3-6H,2H2,1H3,(H,13,16). The molecule has 2 aromatic rings. The second-order valence-electron chi connectivity index (χ2n) is 3.37. The molecule has 0 saturated heterocycles. The number of carbonyl (C=O) groups is 1. The largest absolute Gasteiger partial charge is 0.321 e. The van der Waals surface area contributed by atoms with E-state index in [1.165, 1.54) is 0 Å². The lowest BCUT2D eigenvalue weighted by molar-refractivity contribution is 0.102. The summed E-state index contributed by atoms with van der Waals surface area (Å²) in [6, 6.07) is 7.45. The van der Waals surface area contributed by atoms with Gasteiger partial charge in [-0.1, -0.05) is 33.4 Å². The molecule has 6 heteroatoms. The van der Waals surface area contributed by atoms with E-state index in [2.05, 4.69) is 30.8 Å². The van der Waals surface area contributed by atoms with Crippen molar-refractivity contribution < 1.29 is 4.79 Å². The van der Waals surface area contributed by atoms with Crippen LogP contribution in [0.1, 0.15) is 22.3 Å². The molecule has 0 atom stereocenters. The fourth-order valence-corrected chi connectivity index (χ4v) is 2.41. The third-order valence-corrected chi connectivity index (χ3v) is 3.44. The van der Waals surface area contributed by atoms with Gasteiger partial charge in [-0.2, -0.15) is 0 Å². The van der Waals surface area contributed by atoms with Gasteiger partial charge in [-0.05, 0) is 36.2 Å². The number of benzene rings is 1. The van der Waals surface area contributed by atoms with Crippen LogP contribution in [0.3, 0.4) is 0 Å². The normalized spacial score (nSPS) is 10.2. The third kappa shape index (κ3) is 2.89.